The van der Waals surface area contributed by atoms with E-state index in [1.54, 1.807) is 0 Å². The van der Waals surface area contributed by atoms with Crippen LogP contribution in [0.15, 0.2) is 0 Å². The van der Waals surface area contributed by atoms with Gasteiger partial charge in [-0.2, -0.15) is 0 Å². The Morgan fingerprint density at radius 1 is 0.788 bits per heavy atom. The summed E-state index contributed by atoms with van der Waals surface area (Å²) in [5.41, 5.74) is 7.37. The molecule has 0 saturated heterocycles. The molecule has 0 fully saturated rings. The molecule has 0 aliphatic carbocycles. The standard InChI is InChI=1S/C27H62N6/c1-13-15-16-18-29-33(30-19-17-22(3)4)27(31-24(7)14-2,32-25(8,9)10)26(11,12)21-28-20-23(5)6/h22-24,28-32H,13-21H2,1-12H3. The van der Waals surface area contributed by atoms with E-state index >= 15 is 0 Å². The van der Waals surface area contributed by atoms with Crippen molar-refractivity contribution in [3.63, 3.8) is 0 Å². The van der Waals surface area contributed by atoms with Crippen molar-refractivity contribution < 1.29 is 0 Å². The molecule has 0 aliphatic rings. The second kappa shape index (κ2) is 15.7. The zero-order chi connectivity index (χ0) is 25.7. The highest BCUT2D eigenvalue weighted by Gasteiger charge is 2.52. The van der Waals surface area contributed by atoms with Crippen molar-refractivity contribution in [2.45, 2.75) is 133 Å². The minimum Gasteiger partial charge on any atom is -0.316 e. The smallest absolute Gasteiger partial charge is 0.160 e. The van der Waals surface area contributed by atoms with Crippen molar-refractivity contribution in [2.24, 2.45) is 17.3 Å². The molecule has 6 heteroatoms. The summed E-state index contributed by atoms with van der Waals surface area (Å²) in [5, 5.41) is 14.1. The second-order valence-corrected chi connectivity index (χ2v) is 12.5. The first-order valence-electron chi connectivity index (χ1n) is 13.8. The van der Waals surface area contributed by atoms with Gasteiger partial charge in [-0.05, 0) is 65.3 Å². The molecule has 2 unspecified atom stereocenters. The highest BCUT2D eigenvalue weighted by molar-refractivity contribution is 5.01. The lowest BCUT2D eigenvalue weighted by Gasteiger charge is -2.57. The average Bonchev–Trinajstić information content (AvgIpc) is 2.67. The van der Waals surface area contributed by atoms with Gasteiger partial charge in [-0.1, -0.05) is 68.2 Å². The van der Waals surface area contributed by atoms with Crippen molar-refractivity contribution in [1.82, 2.24) is 31.9 Å². The summed E-state index contributed by atoms with van der Waals surface area (Å²) in [7, 11) is 0. The van der Waals surface area contributed by atoms with Crippen LogP contribution in [0.25, 0.3) is 0 Å². The molecule has 0 rings (SSSR count). The third-order valence-electron chi connectivity index (χ3n) is 6.10. The maximum absolute atomic E-state index is 4.04. The topological polar surface area (TPSA) is 63.4 Å². The molecule has 200 valence electrons. The lowest BCUT2D eigenvalue weighted by Crippen LogP contribution is -2.84. The van der Waals surface area contributed by atoms with Crippen molar-refractivity contribution in [1.29, 1.82) is 0 Å². The van der Waals surface area contributed by atoms with Gasteiger partial charge >= 0.3 is 0 Å². The molecule has 0 bridgehead atoms. The highest BCUT2D eigenvalue weighted by atomic mass is 15.8. The number of rotatable bonds is 19. The van der Waals surface area contributed by atoms with Gasteiger partial charge in [0, 0.05) is 36.6 Å². The molecule has 0 saturated carbocycles. The van der Waals surface area contributed by atoms with Gasteiger partial charge < -0.3 is 5.32 Å². The number of hydrogen-bond donors (Lipinski definition) is 5. The zero-order valence-electron chi connectivity index (χ0n) is 24.5. The summed E-state index contributed by atoms with van der Waals surface area (Å²) in [5.74, 6) is 0.779. The molecular weight excluding hydrogens is 408 g/mol. The van der Waals surface area contributed by atoms with E-state index < -0.39 is 5.79 Å². The molecule has 2 atom stereocenters. The van der Waals surface area contributed by atoms with Crippen molar-refractivity contribution in [3.05, 3.63) is 0 Å². The average molecular weight is 471 g/mol. The van der Waals surface area contributed by atoms with E-state index in [0.717, 1.165) is 39.0 Å². The molecule has 0 aromatic carbocycles. The Morgan fingerprint density at radius 3 is 1.88 bits per heavy atom. The number of hydrazine groups is 2. The van der Waals surface area contributed by atoms with Crippen LogP contribution >= 0.6 is 0 Å². The fourth-order valence-electron chi connectivity index (χ4n) is 3.95. The van der Waals surface area contributed by atoms with Crippen LogP contribution in [0.4, 0.5) is 0 Å². The molecule has 0 radical (unpaired) electrons. The third-order valence-corrected chi connectivity index (χ3v) is 6.10. The summed E-state index contributed by atoms with van der Waals surface area (Å²) in [4.78, 5) is 0. The van der Waals surface area contributed by atoms with Gasteiger partial charge in [0.15, 0.2) is 5.79 Å². The van der Waals surface area contributed by atoms with E-state index in [1.807, 2.05) is 0 Å². The molecule has 6 nitrogen and oxygen atoms in total. The quantitative estimate of drug-likeness (QED) is 0.101. The highest BCUT2D eigenvalue weighted by Crippen LogP contribution is 2.33. The van der Waals surface area contributed by atoms with E-state index in [1.165, 1.54) is 19.3 Å². The summed E-state index contributed by atoms with van der Waals surface area (Å²) in [6, 6.07) is 0.357. The second-order valence-electron chi connectivity index (χ2n) is 12.5. The first-order chi connectivity index (χ1) is 15.2. The summed E-state index contributed by atoms with van der Waals surface area (Å²) < 4.78 is 0. The van der Waals surface area contributed by atoms with Gasteiger partial charge in [-0.3, -0.25) is 10.6 Å². The maximum atomic E-state index is 4.04. The van der Waals surface area contributed by atoms with Gasteiger partial charge in [-0.25, -0.2) is 10.9 Å². The van der Waals surface area contributed by atoms with Crippen LogP contribution in [0.1, 0.15) is 115 Å². The van der Waals surface area contributed by atoms with E-state index in [-0.39, 0.29) is 11.0 Å². The summed E-state index contributed by atoms with van der Waals surface area (Å²) in [6.45, 7) is 31.3. The van der Waals surface area contributed by atoms with Crippen LogP contribution in [0, 0.1) is 17.3 Å². The van der Waals surface area contributed by atoms with Crippen molar-refractivity contribution >= 4 is 0 Å². The van der Waals surface area contributed by atoms with Crippen LogP contribution in [-0.4, -0.2) is 48.7 Å². The monoisotopic (exact) mass is 471 g/mol. The Kier molecular flexibility index (Phi) is 15.6. The Balaban J connectivity index is 6.28. The first-order valence-corrected chi connectivity index (χ1v) is 13.8. The Hall–Kier alpha value is -0.240. The fourth-order valence-corrected chi connectivity index (χ4v) is 3.95. The number of nitrogens with zero attached hydrogens (tertiary/aromatic N) is 1. The van der Waals surface area contributed by atoms with E-state index in [0.29, 0.717) is 17.9 Å². The minimum atomic E-state index is -0.506. The minimum absolute atomic E-state index is 0.0845. The molecule has 5 N–H and O–H groups in total. The molecular formula is C27H62N6. The van der Waals surface area contributed by atoms with Gasteiger partial charge in [0.05, 0.1) is 0 Å². The van der Waals surface area contributed by atoms with Gasteiger partial charge in [0.1, 0.15) is 0 Å². The number of unbranched alkanes of at least 4 members (excludes halogenated alkanes) is 2. The largest absolute Gasteiger partial charge is 0.316 e. The Labute approximate surface area is 208 Å². The lowest BCUT2D eigenvalue weighted by atomic mass is 9.81. The Bertz CT molecular complexity index is 485. The van der Waals surface area contributed by atoms with E-state index in [2.05, 4.69) is 115 Å². The molecule has 0 heterocycles. The number of nitrogens with one attached hydrogen (secondary N) is 5. The first kappa shape index (κ1) is 32.8. The van der Waals surface area contributed by atoms with Crippen LogP contribution in [0.2, 0.25) is 0 Å². The molecule has 0 amide bonds. The van der Waals surface area contributed by atoms with E-state index in [4.69, 9.17) is 0 Å². The molecule has 0 aliphatic heterocycles. The van der Waals surface area contributed by atoms with Crippen molar-refractivity contribution in [2.75, 3.05) is 26.2 Å². The maximum Gasteiger partial charge on any atom is 0.160 e. The van der Waals surface area contributed by atoms with E-state index in [9.17, 15) is 0 Å². The zero-order valence-corrected chi connectivity index (χ0v) is 24.5. The predicted octanol–water partition coefficient (Wildman–Crippen LogP) is 5.24. The van der Waals surface area contributed by atoms with Gasteiger partial charge in [0.25, 0.3) is 0 Å². The molecule has 33 heavy (non-hydrogen) atoms. The van der Waals surface area contributed by atoms with Crippen LogP contribution in [0.5, 0.6) is 0 Å². The summed E-state index contributed by atoms with van der Waals surface area (Å²) >= 11 is 0. The molecule has 0 aromatic rings. The summed E-state index contributed by atoms with van der Waals surface area (Å²) in [6.07, 6.45) is 5.83. The lowest BCUT2D eigenvalue weighted by molar-refractivity contribution is -0.149. The molecule has 0 spiro atoms. The molecule has 0 aromatic heterocycles. The third kappa shape index (κ3) is 12.9. The SMILES string of the molecule is CCCCCNN(NCCC(C)C)C(NC(C)CC)(NC(C)(C)C)C(C)(C)CNCC(C)C. The predicted molar refractivity (Wildman–Crippen MR) is 147 cm³/mol. The van der Waals surface area contributed by atoms with Gasteiger partial charge in [-0.15, -0.1) is 5.12 Å². The van der Waals surface area contributed by atoms with Crippen LogP contribution in [-0.2, 0) is 0 Å². The normalized spacial score (nSPS) is 16.1. The van der Waals surface area contributed by atoms with Crippen molar-refractivity contribution in [3.8, 4) is 0 Å². The van der Waals surface area contributed by atoms with Gasteiger partial charge in [0.2, 0.25) is 0 Å². The number of hydrogen-bond acceptors (Lipinski definition) is 6. The fraction of sp³-hybridized carbons (Fsp3) is 1.00. The Morgan fingerprint density at radius 2 is 1.39 bits per heavy atom. The van der Waals surface area contributed by atoms with Crippen LogP contribution < -0.4 is 26.8 Å². The van der Waals surface area contributed by atoms with Crippen LogP contribution in [0.3, 0.4) is 0 Å².